The van der Waals surface area contributed by atoms with Gasteiger partial charge in [0, 0.05) is 29.4 Å². The maximum atomic E-state index is 14.1. The number of anilines is 2. The van der Waals surface area contributed by atoms with Crippen LogP contribution in [0.3, 0.4) is 0 Å². The van der Waals surface area contributed by atoms with E-state index in [0.717, 1.165) is 84.2 Å². The number of carbonyl (C=O) groups is 1. The molecule has 47 heavy (non-hydrogen) atoms. The van der Waals surface area contributed by atoms with E-state index in [-0.39, 0.29) is 23.4 Å². The van der Waals surface area contributed by atoms with Crippen molar-refractivity contribution in [2.75, 3.05) is 36.4 Å². The van der Waals surface area contributed by atoms with Gasteiger partial charge in [0.05, 0.1) is 6.54 Å². The van der Waals surface area contributed by atoms with Crippen molar-refractivity contribution in [2.24, 2.45) is 0 Å². The highest BCUT2D eigenvalue weighted by atomic mass is 16.2. The molecule has 0 aliphatic carbocycles. The van der Waals surface area contributed by atoms with Crippen molar-refractivity contribution < 1.29 is 4.79 Å². The minimum atomic E-state index is -0.336. The highest BCUT2D eigenvalue weighted by Gasteiger charge is 2.24. The number of hydrogen-bond acceptors (Lipinski definition) is 4. The molecule has 0 saturated carbocycles. The Morgan fingerprint density at radius 1 is 0.872 bits per heavy atom. The zero-order chi connectivity index (χ0) is 33.9. The molecule has 4 rings (SSSR count). The standard InChI is InChI=1S/C40H51N5O2/c1-8-11-23-45(36-27-32-18-13-19-41-38(32)43-39(36)46)40(47)42-37-34(28(4)5)25-33(26-35(37)29(6)7)31-17-12-15-30(24-31)16-14-22-44(20-9-2)21-10-3/h12-13,15,17-19,24-29H,8-11,20-23H2,1-7H3,(H,42,47)(H,41,43,46). The molecule has 2 aromatic carbocycles. The van der Waals surface area contributed by atoms with Crippen molar-refractivity contribution in [3.63, 3.8) is 0 Å². The number of fused-ring (bicyclic) bond motifs is 1. The lowest BCUT2D eigenvalue weighted by atomic mass is 9.88. The van der Waals surface area contributed by atoms with Gasteiger partial charge in [-0.25, -0.2) is 9.78 Å². The Bertz CT molecular complexity index is 1740. The Hall–Kier alpha value is -4.41. The van der Waals surface area contributed by atoms with Gasteiger partial charge in [-0.05, 0) is 109 Å². The Morgan fingerprint density at radius 2 is 1.57 bits per heavy atom. The second-order valence-corrected chi connectivity index (χ2v) is 12.9. The van der Waals surface area contributed by atoms with Gasteiger partial charge in [-0.3, -0.25) is 14.6 Å². The van der Waals surface area contributed by atoms with Gasteiger partial charge < -0.3 is 10.3 Å². The molecule has 2 aromatic heterocycles. The normalized spacial score (nSPS) is 11.3. The summed E-state index contributed by atoms with van der Waals surface area (Å²) in [6.07, 6.45) is 5.54. The van der Waals surface area contributed by atoms with Crippen molar-refractivity contribution in [2.45, 2.75) is 86.0 Å². The number of aromatic nitrogens is 2. The van der Waals surface area contributed by atoms with Gasteiger partial charge in [0.1, 0.15) is 11.3 Å². The van der Waals surface area contributed by atoms with E-state index in [1.807, 2.05) is 12.1 Å². The van der Waals surface area contributed by atoms with Crippen LogP contribution >= 0.6 is 0 Å². The second kappa shape index (κ2) is 16.9. The van der Waals surface area contributed by atoms with E-state index < -0.39 is 0 Å². The van der Waals surface area contributed by atoms with E-state index >= 15 is 0 Å². The Morgan fingerprint density at radius 3 is 2.21 bits per heavy atom. The Balaban J connectivity index is 1.71. The lowest BCUT2D eigenvalue weighted by Crippen LogP contribution is -2.39. The first-order chi connectivity index (χ1) is 22.7. The number of H-pyrrole nitrogens is 1. The minimum absolute atomic E-state index is 0.146. The number of nitrogens with one attached hydrogen (secondary N) is 2. The van der Waals surface area contributed by atoms with Crippen molar-refractivity contribution in [3.8, 4) is 23.0 Å². The van der Waals surface area contributed by atoms with Crippen LogP contribution in [0.25, 0.3) is 22.2 Å². The molecule has 2 heterocycles. The molecule has 0 unspecified atom stereocenters. The zero-order valence-electron chi connectivity index (χ0n) is 29.2. The van der Waals surface area contributed by atoms with Gasteiger partial charge in [-0.1, -0.05) is 78.9 Å². The summed E-state index contributed by atoms with van der Waals surface area (Å²) >= 11 is 0. The summed E-state index contributed by atoms with van der Waals surface area (Å²) in [5.74, 6) is 7.07. The van der Waals surface area contributed by atoms with E-state index in [9.17, 15) is 9.59 Å². The molecule has 248 valence electrons. The molecule has 2 amide bonds. The second-order valence-electron chi connectivity index (χ2n) is 12.9. The minimum Gasteiger partial charge on any atom is -0.307 e. The van der Waals surface area contributed by atoms with Crippen molar-refractivity contribution in [1.29, 1.82) is 0 Å². The van der Waals surface area contributed by atoms with Crippen molar-refractivity contribution >= 4 is 28.4 Å². The van der Waals surface area contributed by atoms with Crippen LogP contribution in [0, 0.1) is 11.8 Å². The number of pyridine rings is 2. The number of rotatable bonds is 13. The van der Waals surface area contributed by atoms with Crippen LogP contribution in [0.5, 0.6) is 0 Å². The van der Waals surface area contributed by atoms with Gasteiger partial charge in [0.2, 0.25) is 0 Å². The fourth-order valence-electron chi connectivity index (χ4n) is 5.89. The molecule has 0 aliphatic heterocycles. The van der Waals surface area contributed by atoms with Gasteiger partial charge in [-0.15, -0.1) is 0 Å². The lowest BCUT2D eigenvalue weighted by molar-refractivity contribution is 0.256. The maximum Gasteiger partial charge on any atom is 0.326 e. The third-order valence-corrected chi connectivity index (χ3v) is 8.35. The lowest BCUT2D eigenvalue weighted by Gasteiger charge is -2.27. The number of hydrogen-bond donors (Lipinski definition) is 2. The van der Waals surface area contributed by atoms with E-state index in [2.05, 4.69) is 117 Å². The molecule has 0 spiro atoms. The van der Waals surface area contributed by atoms with Crippen LogP contribution in [0.2, 0.25) is 0 Å². The first-order valence-corrected chi connectivity index (χ1v) is 17.2. The smallest absolute Gasteiger partial charge is 0.307 e. The van der Waals surface area contributed by atoms with Crippen LogP contribution in [0.1, 0.15) is 103 Å². The highest BCUT2D eigenvalue weighted by Crippen LogP contribution is 2.38. The maximum absolute atomic E-state index is 14.1. The summed E-state index contributed by atoms with van der Waals surface area (Å²) in [7, 11) is 0. The summed E-state index contributed by atoms with van der Waals surface area (Å²) in [6.45, 7) is 18.4. The third-order valence-electron chi connectivity index (χ3n) is 8.35. The van der Waals surface area contributed by atoms with Gasteiger partial charge in [-0.2, -0.15) is 0 Å². The van der Waals surface area contributed by atoms with Crippen LogP contribution in [-0.4, -0.2) is 47.1 Å². The van der Waals surface area contributed by atoms with Crippen LogP contribution in [0.4, 0.5) is 16.2 Å². The first-order valence-electron chi connectivity index (χ1n) is 17.2. The molecule has 7 heteroatoms. The number of amides is 2. The largest absolute Gasteiger partial charge is 0.326 e. The fraction of sp³-hybridized carbons (Fsp3) is 0.425. The van der Waals surface area contributed by atoms with Crippen LogP contribution in [0.15, 0.2) is 65.6 Å². The summed E-state index contributed by atoms with van der Waals surface area (Å²) in [4.78, 5) is 38.4. The summed E-state index contributed by atoms with van der Waals surface area (Å²) in [6, 6.07) is 17.9. The molecule has 4 aromatic rings. The zero-order valence-corrected chi connectivity index (χ0v) is 29.2. The van der Waals surface area contributed by atoms with E-state index in [4.69, 9.17) is 0 Å². The quantitative estimate of drug-likeness (QED) is 0.144. The average Bonchev–Trinajstić information content (AvgIpc) is 3.05. The molecule has 0 bridgehead atoms. The molecule has 2 N–H and O–H groups in total. The van der Waals surface area contributed by atoms with Crippen LogP contribution < -0.4 is 15.8 Å². The topological polar surface area (TPSA) is 81.3 Å². The first kappa shape index (κ1) is 35.4. The molecule has 0 atom stereocenters. The molecule has 0 radical (unpaired) electrons. The van der Waals surface area contributed by atoms with E-state index in [0.29, 0.717) is 17.9 Å². The molecule has 0 aliphatic rings. The summed E-state index contributed by atoms with van der Waals surface area (Å²) in [5, 5.41) is 4.04. The number of urea groups is 1. The van der Waals surface area contributed by atoms with E-state index in [1.165, 1.54) is 0 Å². The SMILES string of the molecule is CCCCN(C(=O)Nc1c(C(C)C)cc(-c2cccc(C#CCN(CCC)CCC)c2)cc1C(C)C)c1cc2cccnc2[nH]c1=O. The molecule has 0 saturated heterocycles. The van der Waals surface area contributed by atoms with E-state index in [1.54, 1.807) is 17.2 Å². The third kappa shape index (κ3) is 9.11. The summed E-state index contributed by atoms with van der Waals surface area (Å²) < 4.78 is 0. The Kier molecular flexibility index (Phi) is 12.8. The van der Waals surface area contributed by atoms with Crippen LogP contribution in [-0.2, 0) is 0 Å². The molecular weight excluding hydrogens is 582 g/mol. The Labute approximate surface area is 280 Å². The molecule has 7 nitrogen and oxygen atoms in total. The number of unbranched alkanes of at least 4 members (excludes halogenated alkanes) is 1. The number of benzene rings is 2. The number of nitrogens with zero attached hydrogens (tertiary/aromatic N) is 3. The highest BCUT2D eigenvalue weighted by molar-refractivity contribution is 6.03. The summed E-state index contributed by atoms with van der Waals surface area (Å²) in [5.41, 5.74) is 6.59. The number of carbonyl (C=O) groups excluding carboxylic acids is 1. The number of aromatic amines is 1. The average molecular weight is 634 g/mol. The molecular formula is C40H51N5O2. The molecule has 0 fully saturated rings. The monoisotopic (exact) mass is 633 g/mol. The van der Waals surface area contributed by atoms with Gasteiger partial charge in [0.25, 0.3) is 5.56 Å². The predicted octanol–water partition coefficient (Wildman–Crippen LogP) is 9.15. The van der Waals surface area contributed by atoms with Crippen molar-refractivity contribution in [1.82, 2.24) is 14.9 Å². The van der Waals surface area contributed by atoms with Gasteiger partial charge in [0.15, 0.2) is 0 Å². The van der Waals surface area contributed by atoms with Gasteiger partial charge >= 0.3 is 6.03 Å². The van der Waals surface area contributed by atoms with Crippen molar-refractivity contribution in [3.05, 3.63) is 87.8 Å². The fourth-order valence-corrected chi connectivity index (χ4v) is 5.89. The predicted molar refractivity (Wildman–Crippen MR) is 198 cm³/mol.